The summed E-state index contributed by atoms with van der Waals surface area (Å²) in [6.45, 7) is 0. The van der Waals surface area contributed by atoms with Gasteiger partial charge in [-0.2, -0.15) is 0 Å². The van der Waals surface area contributed by atoms with E-state index in [-0.39, 0.29) is 5.75 Å². The number of ether oxygens (including phenoxy) is 2. The lowest BCUT2D eigenvalue weighted by atomic mass is 10.2. The molecule has 0 aliphatic rings. The van der Waals surface area contributed by atoms with Gasteiger partial charge in [0.15, 0.2) is 23.6 Å². The van der Waals surface area contributed by atoms with E-state index in [9.17, 15) is 9.18 Å². The molecular formula is C12H13FO4S. The Morgan fingerprint density at radius 3 is 2.44 bits per heavy atom. The van der Waals surface area contributed by atoms with Gasteiger partial charge >= 0.3 is 0 Å². The number of rotatable bonds is 3. The molecule has 2 aromatic rings. The predicted octanol–water partition coefficient (Wildman–Crippen LogP) is 2.48. The summed E-state index contributed by atoms with van der Waals surface area (Å²) in [4.78, 5) is 11.1. The van der Waals surface area contributed by atoms with Crippen molar-refractivity contribution in [2.24, 2.45) is 0 Å². The van der Waals surface area contributed by atoms with Crippen molar-refractivity contribution in [1.29, 1.82) is 0 Å². The average molecular weight is 272 g/mol. The van der Waals surface area contributed by atoms with E-state index >= 15 is 0 Å². The van der Waals surface area contributed by atoms with Crippen LogP contribution in [0.3, 0.4) is 0 Å². The van der Waals surface area contributed by atoms with Crippen molar-refractivity contribution in [3.8, 4) is 11.5 Å². The van der Waals surface area contributed by atoms with Gasteiger partial charge in [-0.25, -0.2) is 4.39 Å². The highest BCUT2D eigenvalue weighted by atomic mass is 32.1. The number of aliphatic hydroxyl groups excluding tert-OH is 1. The second-order valence-corrected chi connectivity index (χ2v) is 4.22. The van der Waals surface area contributed by atoms with Crippen LogP contribution in [0.1, 0.15) is 9.67 Å². The molecule has 1 N–H and O–H groups in total. The zero-order valence-corrected chi connectivity index (χ0v) is 11.0. The molecule has 0 saturated heterocycles. The van der Waals surface area contributed by atoms with Gasteiger partial charge in [-0.05, 0) is 6.07 Å². The molecule has 98 valence electrons. The molecule has 2 rings (SSSR count). The van der Waals surface area contributed by atoms with Crippen LogP contribution in [-0.4, -0.2) is 32.7 Å². The van der Waals surface area contributed by atoms with Gasteiger partial charge in [0, 0.05) is 23.3 Å². The number of methoxy groups -OCH3 is 2. The van der Waals surface area contributed by atoms with Crippen LogP contribution in [0.2, 0.25) is 0 Å². The summed E-state index contributed by atoms with van der Waals surface area (Å²) in [6.07, 6.45) is 0.697. The molecule has 0 bridgehead atoms. The van der Waals surface area contributed by atoms with Gasteiger partial charge in [0.05, 0.1) is 19.1 Å². The summed E-state index contributed by atoms with van der Waals surface area (Å²) in [5.74, 6) is -0.113. The Balaban J connectivity index is 0.000000771. The highest BCUT2D eigenvalue weighted by Crippen LogP contribution is 2.39. The average Bonchev–Trinajstić information content (AvgIpc) is 2.84. The van der Waals surface area contributed by atoms with Crippen molar-refractivity contribution in [3.05, 3.63) is 22.8 Å². The van der Waals surface area contributed by atoms with E-state index in [2.05, 4.69) is 0 Å². The fraction of sp³-hybridized carbons (Fsp3) is 0.250. The van der Waals surface area contributed by atoms with Gasteiger partial charge in [0.1, 0.15) is 0 Å². The monoisotopic (exact) mass is 272 g/mol. The third-order valence-corrected chi connectivity index (χ3v) is 3.25. The molecular weight excluding hydrogens is 259 g/mol. The number of carbonyl (C=O) groups excluding carboxylic acids is 1. The largest absolute Gasteiger partial charge is 0.493 e. The van der Waals surface area contributed by atoms with Gasteiger partial charge in [0.2, 0.25) is 0 Å². The molecule has 0 spiro atoms. The summed E-state index contributed by atoms with van der Waals surface area (Å²) >= 11 is 1.22. The van der Waals surface area contributed by atoms with Crippen molar-refractivity contribution in [1.82, 2.24) is 0 Å². The lowest BCUT2D eigenvalue weighted by molar-refractivity contribution is 0.112. The maximum absolute atomic E-state index is 14.0. The van der Waals surface area contributed by atoms with Crippen LogP contribution in [0.4, 0.5) is 4.39 Å². The van der Waals surface area contributed by atoms with E-state index in [0.29, 0.717) is 27.0 Å². The Bertz CT molecular complexity index is 550. The molecule has 4 nitrogen and oxygen atoms in total. The van der Waals surface area contributed by atoms with Crippen molar-refractivity contribution in [2.75, 3.05) is 21.3 Å². The van der Waals surface area contributed by atoms with Gasteiger partial charge < -0.3 is 14.6 Å². The Kier molecular flexibility index (Phi) is 5.06. The Morgan fingerprint density at radius 1 is 1.28 bits per heavy atom. The molecule has 0 atom stereocenters. The van der Waals surface area contributed by atoms with E-state index in [1.54, 1.807) is 6.07 Å². The summed E-state index contributed by atoms with van der Waals surface area (Å²) < 4.78 is 24.6. The SMILES string of the molecule is CO.COc1cc2sc(C=O)cc2c(F)c1OC. The lowest BCUT2D eigenvalue weighted by Gasteiger charge is -2.08. The first-order chi connectivity index (χ1) is 8.71. The van der Waals surface area contributed by atoms with E-state index in [0.717, 1.165) is 7.11 Å². The summed E-state index contributed by atoms with van der Waals surface area (Å²) in [6, 6.07) is 3.17. The Labute approximate surface area is 108 Å². The molecule has 0 aliphatic carbocycles. The fourth-order valence-corrected chi connectivity index (χ4v) is 2.42. The number of carbonyl (C=O) groups is 1. The molecule has 18 heavy (non-hydrogen) atoms. The zero-order chi connectivity index (χ0) is 13.7. The van der Waals surface area contributed by atoms with Crippen LogP contribution in [0, 0.1) is 5.82 Å². The fourth-order valence-electron chi connectivity index (χ4n) is 1.52. The van der Waals surface area contributed by atoms with Crippen LogP contribution in [0.15, 0.2) is 12.1 Å². The summed E-state index contributed by atoms with van der Waals surface area (Å²) in [7, 11) is 3.82. The molecule has 0 unspecified atom stereocenters. The Hall–Kier alpha value is -1.66. The topological polar surface area (TPSA) is 55.8 Å². The predicted molar refractivity (Wildman–Crippen MR) is 68.4 cm³/mol. The zero-order valence-electron chi connectivity index (χ0n) is 10.2. The van der Waals surface area contributed by atoms with E-state index in [4.69, 9.17) is 14.6 Å². The first kappa shape index (κ1) is 14.4. The third kappa shape index (κ3) is 2.44. The number of benzene rings is 1. The first-order valence-corrected chi connectivity index (χ1v) is 5.76. The van der Waals surface area contributed by atoms with E-state index in [1.807, 2.05) is 0 Å². The summed E-state index contributed by atoms with van der Waals surface area (Å²) in [5, 5.41) is 7.38. The smallest absolute Gasteiger partial charge is 0.197 e. The molecule has 0 fully saturated rings. The maximum atomic E-state index is 14.0. The minimum atomic E-state index is -0.499. The van der Waals surface area contributed by atoms with Crippen molar-refractivity contribution >= 4 is 27.7 Å². The van der Waals surface area contributed by atoms with Crippen LogP contribution in [0.5, 0.6) is 11.5 Å². The molecule has 1 heterocycles. The second kappa shape index (κ2) is 6.32. The van der Waals surface area contributed by atoms with Crippen LogP contribution in [-0.2, 0) is 0 Å². The normalized spacial score (nSPS) is 9.61. The minimum Gasteiger partial charge on any atom is -0.493 e. The van der Waals surface area contributed by atoms with Crippen LogP contribution in [0.25, 0.3) is 10.1 Å². The number of thiophene rings is 1. The highest BCUT2D eigenvalue weighted by Gasteiger charge is 2.16. The van der Waals surface area contributed by atoms with Crippen molar-refractivity contribution in [2.45, 2.75) is 0 Å². The van der Waals surface area contributed by atoms with E-state index < -0.39 is 5.82 Å². The minimum absolute atomic E-state index is 0.0604. The standard InChI is InChI=1S/C11H9FO3S.CH4O/c1-14-8-4-9-7(3-6(5-13)16-9)10(12)11(8)15-2;1-2/h3-5H,1-2H3;2H,1H3. The maximum Gasteiger partial charge on any atom is 0.197 e. The second-order valence-electron chi connectivity index (χ2n) is 3.10. The van der Waals surface area contributed by atoms with Gasteiger partial charge in [-0.15, -0.1) is 11.3 Å². The quantitative estimate of drug-likeness (QED) is 0.872. The highest BCUT2D eigenvalue weighted by molar-refractivity contribution is 7.20. The number of aldehydes is 1. The van der Waals surface area contributed by atoms with Gasteiger partial charge in [-0.1, -0.05) is 0 Å². The van der Waals surface area contributed by atoms with Gasteiger partial charge in [0.25, 0.3) is 0 Å². The Morgan fingerprint density at radius 2 is 1.94 bits per heavy atom. The molecule has 1 aromatic carbocycles. The molecule has 0 saturated carbocycles. The number of halogens is 1. The first-order valence-electron chi connectivity index (χ1n) is 4.95. The van der Waals surface area contributed by atoms with Crippen LogP contribution < -0.4 is 9.47 Å². The number of fused-ring (bicyclic) bond motifs is 1. The van der Waals surface area contributed by atoms with Crippen molar-refractivity contribution in [3.63, 3.8) is 0 Å². The third-order valence-electron chi connectivity index (χ3n) is 2.24. The number of aliphatic hydroxyl groups is 1. The number of hydrogen-bond acceptors (Lipinski definition) is 5. The van der Waals surface area contributed by atoms with Gasteiger partial charge in [-0.3, -0.25) is 4.79 Å². The van der Waals surface area contributed by atoms with Crippen molar-refractivity contribution < 1.29 is 23.8 Å². The molecule has 1 aromatic heterocycles. The van der Waals surface area contributed by atoms with E-state index in [1.165, 1.54) is 31.6 Å². The molecule has 0 radical (unpaired) electrons. The molecule has 0 aliphatic heterocycles. The number of hydrogen-bond donors (Lipinski definition) is 1. The molecule has 0 amide bonds. The lowest BCUT2D eigenvalue weighted by Crippen LogP contribution is -1.93. The molecule has 6 heteroatoms. The van der Waals surface area contributed by atoms with Crippen LogP contribution >= 0.6 is 11.3 Å². The summed E-state index contributed by atoms with van der Waals surface area (Å²) in [5.41, 5.74) is 0.